The highest BCUT2D eigenvalue weighted by atomic mass is 79.9. The van der Waals surface area contributed by atoms with E-state index in [1.54, 1.807) is 11.3 Å². The van der Waals surface area contributed by atoms with Gasteiger partial charge in [0.05, 0.1) is 10.7 Å². The third-order valence-corrected chi connectivity index (χ3v) is 5.10. The highest BCUT2D eigenvalue weighted by Crippen LogP contribution is 2.25. The molecule has 84 valence electrons. The number of hydrogen-bond donors (Lipinski definition) is 0. The molecule has 4 heteroatoms. The summed E-state index contributed by atoms with van der Waals surface area (Å²) in [7, 11) is 0. The molecule has 0 spiro atoms. The van der Waals surface area contributed by atoms with E-state index in [0.717, 1.165) is 6.54 Å². The average Bonchev–Trinajstić information content (AvgIpc) is 2.59. The zero-order valence-electron chi connectivity index (χ0n) is 9.24. The molecular weight excluding hydrogens is 272 g/mol. The van der Waals surface area contributed by atoms with Crippen LogP contribution in [0.5, 0.6) is 0 Å². The Balaban J connectivity index is 1.99. The predicted octanol–water partition coefficient (Wildman–Crippen LogP) is 3.20. The van der Waals surface area contributed by atoms with Gasteiger partial charge in [-0.1, -0.05) is 15.9 Å². The normalized spacial score (nSPS) is 28.2. The van der Waals surface area contributed by atoms with Crippen molar-refractivity contribution in [2.45, 2.75) is 44.1 Å². The molecule has 1 aliphatic rings. The smallest absolute Gasteiger partial charge is 0.0897 e. The van der Waals surface area contributed by atoms with Gasteiger partial charge >= 0.3 is 0 Å². The van der Waals surface area contributed by atoms with Crippen molar-refractivity contribution >= 4 is 27.3 Å². The Morgan fingerprint density at radius 1 is 1.67 bits per heavy atom. The van der Waals surface area contributed by atoms with Gasteiger partial charge < -0.3 is 0 Å². The van der Waals surface area contributed by atoms with Crippen LogP contribution in [0.25, 0.3) is 0 Å². The number of thiazole rings is 1. The van der Waals surface area contributed by atoms with Crippen molar-refractivity contribution in [1.29, 1.82) is 0 Å². The second-order valence-electron chi connectivity index (χ2n) is 4.23. The van der Waals surface area contributed by atoms with Crippen LogP contribution in [0.1, 0.15) is 30.5 Å². The van der Waals surface area contributed by atoms with Crippen LogP contribution in [-0.4, -0.2) is 27.3 Å². The fraction of sp³-hybridized carbons (Fsp3) is 0.727. The summed E-state index contributed by atoms with van der Waals surface area (Å²) in [6.45, 7) is 6.59. The number of alkyl halides is 1. The van der Waals surface area contributed by atoms with Crippen LogP contribution in [0.2, 0.25) is 0 Å². The summed E-state index contributed by atoms with van der Waals surface area (Å²) < 4.78 is 0. The lowest BCUT2D eigenvalue weighted by atomic mass is 10.0. The van der Waals surface area contributed by atoms with Crippen LogP contribution in [0, 0.1) is 6.92 Å². The van der Waals surface area contributed by atoms with E-state index in [-0.39, 0.29) is 0 Å². The fourth-order valence-electron chi connectivity index (χ4n) is 2.07. The molecule has 0 saturated carbocycles. The first-order valence-corrected chi connectivity index (χ1v) is 7.25. The Bertz CT molecular complexity index is 326. The molecule has 1 aromatic heterocycles. The average molecular weight is 289 g/mol. The zero-order chi connectivity index (χ0) is 10.8. The lowest BCUT2D eigenvalue weighted by Gasteiger charge is -2.36. The molecule has 15 heavy (non-hydrogen) atoms. The summed E-state index contributed by atoms with van der Waals surface area (Å²) in [6, 6.07) is 0.626. The number of aromatic nitrogens is 1. The Labute approximate surface area is 104 Å². The van der Waals surface area contributed by atoms with Gasteiger partial charge in [0.2, 0.25) is 0 Å². The van der Waals surface area contributed by atoms with E-state index in [9.17, 15) is 0 Å². The number of hydrogen-bond acceptors (Lipinski definition) is 3. The van der Waals surface area contributed by atoms with Gasteiger partial charge in [0.25, 0.3) is 0 Å². The number of piperidine rings is 1. The Hall–Kier alpha value is 0.0700. The summed E-state index contributed by atoms with van der Waals surface area (Å²) in [4.78, 5) is 7.70. The minimum absolute atomic E-state index is 0.626. The number of halogens is 1. The van der Waals surface area contributed by atoms with Crippen molar-refractivity contribution in [3.63, 3.8) is 0 Å². The van der Waals surface area contributed by atoms with Gasteiger partial charge in [0.15, 0.2) is 0 Å². The molecule has 0 aliphatic carbocycles. The van der Waals surface area contributed by atoms with Gasteiger partial charge in [-0.25, -0.2) is 4.98 Å². The first kappa shape index (κ1) is 11.6. The van der Waals surface area contributed by atoms with Gasteiger partial charge in [0, 0.05) is 22.8 Å². The van der Waals surface area contributed by atoms with Crippen molar-refractivity contribution in [2.75, 3.05) is 6.54 Å². The van der Waals surface area contributed by atoms with Gasteiger partial charge in [-0.2, -0.15) is 0 Å². The van der Waals surface area contributed by atoms with Gasteiger partial charge in [-0.15, -0.1) is 11.3 Å². The molecule has 2 atom stereocenters. The van der Waals surface area contributed by atoms with Crippen LogP contribution in [0.15, 0.2) is 5.38 Å². The largest absolute Gasteiger partial charge is 0.294 e. The summed E-state index contributed by atoms with van der Waals surface area (Å²) >= 11 is 5.50. The van der Waals surface area contributed by atoms with Gasteiger partial charge in [-0.3, -0.25) is 4.90 Å². The van der Waals surface area contributed by atoms with Crippen molar-refractivity contribution < 1.29 is 0 Å². The maximum atomic E-state index is 4.53. The molecule has 2 nitrogen and oxygen atoms in total. The third-order valence-electron chi connectivity index (χ3n) is 3.06. The van der Waals surface area contributed by atoms with E-state index in [4.69, 9.17) is 0 Å². The molecule has 0 amide bonds. The molecule has 0 bridgehead atoms. The molecule has 2 rings (SSSR count). The van der Waals surface area contributed by atoms with Gasteiger partial charge in [0.1, 0.15) is 0 Å². The second-order valence-corrected chi connectivity index (χ2v) is 6.47. The third kappa shape index (κ3) is 2.80. The standard InChI is InChI=1S/C11H17BrN2S/c1-8-11(12)4-3-5-14(8)6-10-7-15-9(2)13-10/h7-8,11H,3-6H2,1-2H3. The molecule has 2 heterocycles. The highest BCUT2D eigenvalue weighted by molar-refractivity contribution is 9.09. The van der Waals surface area contributed by atoms with E-state index in [1.165, 1.54) is 30.1 Å². The minimum Gasteiger partial charge on any atom is -0.294 e. The topological polar surface area (TPSA) is 16.1 Å². The number of aryl methyl sites for hydroxylation is 1. The van der Waals surface area contributed by atoms with Crippen molar-refractivity contribution in [3.05, 3.63) is 16.1 Å². The molecule has 0 aromatic carbocycles. The molecule has 2 unspecified atom stereocenters. The summed E-state index contributed by atoms with van der Waals surface area (Å²) in [5, 5.41) is 3.35. The lowest BCUT2D eigenvalue weighted by Crippen LogP contribution is -2.43. The van der Waals surface area contributed by atoms with Crippen LogP contribution in [0.3, 0.4) is 0 Å². The van der Waals surface area contributed by atoms with E-state index < -0.39 is 0 Å². The van der Waals surface area contributed by atoms with Crippen molar-refractivity contribution in [1.82, 2.24) is 9.88 Å². The Morgan fingerprint density at radius 3 is 3.13 bits per heavy atom. The van der Waals surface area contributed by atoms with E-state index in [0.29, 0.717) is 10.9 Å². The summed E-state index contributed by atoms with van der Waals surface area (Å²) in [5.41, 5.74) is 1.23. The zero-order valence-corrected chi connectivity index (χ0v) is 11.6. The molecule has 0 radical (unpaired) electrons. The lowest BCUT2D eigenvalue weighted by molar-refractivity contribution is 0.159. The molecular formula is C11H17BrN2S. The van der Waals surface area contributed by atoms with E-state index in [1.807, 2.05) is 0 Å². The number of likely N-dealkylation sites (tertiary alicyclic amines) is 1. The Kier molecular flexibility index (Phi) is 3.80. The Morgan fingerprint density at radius 2 is 2.47 bits per heavy atom. The molecule has 1 fully saturated rings. The maximum absolute atomic E-state index is 4.53. The van der Waals surface area contributed by atoms with E-state index >= 15 is 0 Å². The quantitative estimate of drug-likeness (QED) is 0.777. The first-order chi connectivity index (χ1) is 7.16. The van der Waals surface area contributed by atoms with E-state index in [2.05, 4.69) is 45.0 Å². The minimum atomic E-state index is 0.626. The maximum Gasteiger partial charge on any atom is 0.0897 e. The molecule has 1 saturated heterocycles. The molecule has 1 aromatic rings. The van der Waals surface area contributed by atoms with Crippen molar-refractivity contribution in [2.24, 2.45) is 0 Å². The summed E-state index contributed by atoms with van der Waals surface area (Å²) in [6.07, 6.45) is 2.59. The number of rotatable bonds is 2. The molecule has 0 N–H and O–H groups in total. The van der Waals surface area contributed by atoms with Gasteiger partial charge in [-0.05, 0) is 33.2 Å². The monoisotopic (exact) mass is 288 g/mol. The van der Waals surface area contributed by atoms with Crippen LogP contribution >= 0.6 is 27.3 Å². The van der Waals surface area contributed by atoms with Crippen molar-refractivity contribution in [3.8, 4) is 0 Å². The van der Waals surface area contributed by atoms with Crippen LogP contribution in [-0.2, 0) is 6.54 Å². The second kappa shape index (κ2) is 4.93. The first-order valence-electron chi connectivity index (χ1n) is 5.46. The highest BCUT2D eigenvalue weighted by Gasteiger charge is 2.26. The predicted molar refractivity (Wildman–Crippen MR) is 68.7 cm³/mol. The number of nitrogens with zero attached hydrogens (tertiary/aromatic N) is 2. The van der Waals surface area contributed by atoms with Crippen LogP contribution < -0.4 is 0 Å². The molecule has 1 aliphatic heterocycles. The SMILES string of the molecule is Cc1nc(CN2CCCC(Br)C2C)cs1. The fourth-order valence-corrected chi connectivity index (χ4v) is 3.34. The summed E-state index contributed by atoms with van der Waals surface area (Å²) in [5.74, 6) is 0. The van der Waals surface area contributed by atoms with Crippen LogP contribution in [0.4, 0.5) is 0 Å².